The van der Waals surface area contributed by atoms with Crippen molar-refractivity contribution >= 4 is 15.9 Å². The van der Waals surface area contributed by atoms with Crippen LogP contribution < -0.4 is 5.32 Å². The molecule has 1 atom stereocenters. The molecular formula is C18H26BrN. The molecule has 0 bridgehead atoms. The van der Waals surface area contributed by atoms with E-state index in [1.165, 1.54) is 48.6 Å². The van der Waals surface area contributed by atoms with Crippen LogP contribution >= 0.6 is 15.9 Å². The maximum Gasteiger partial charge on any atom is 0.0210 e. The second kappa shape index (κ2) is 5.81. The third-order valence-corrected chi connectivity index (χ3v) is 5.88. The van der Waals surface area contributed by atoms with E-state index in [2.05, 4.69) is 59.4 Å². The topological polar surface area (TPSA) is 12.0 Å². The predicted octanol–water partition coefficient (Wildman–Crippen LogP) is 5.25. The van der Waals surface area contributed by atoms with E-state index in [1.54, 1.807) is 0 Å². The fourth-order valence-electron chi connectivity index (χ4n) is 3.99. The highest BCUT2D eigenvalue weighted by atomic mass is 79.9. The van der Waals surface area contributed by atoms with Gasteiger partial charge in [0.1, 0.15) is 0 Å². The zero-order chi connectivity index (χ0) is 14.2. The Kier molecular flexibility index (Phi) is 4.24. The SMILES string of the molecule is CC1(C)CCCC(NC2CC(c3ccccc3Br)C2)C1. The Bertz CT molecular complexity index is 462. The number of rotatable bonds is 3. The first kappa shape index (κ1) is 14.6. The van der Waals surface area contributed by atoms with E-state index < -0.39 is 0 Å². The molecule has 3 rings (SSSR count). The molecular weight excluding hydrogens is 310 g/mol. The number of hydrogen-bond acceptors (Lipinski definition) is 1. The fourth-order valence-corrected chi connectivity index (χ4v) is 4.60. The molecule has 0 saturated heterocycles. The summed E-state index contributed by atoms with van der Waals surface area (Å²) < 4.78 is 1.28. The number of benzene rings is 1. The van der Waals surface area contributed by atoms with E-state index in [9.17, 15) is 0 Å². The second-order valence-electron chi connectivity index (χ2n) is 7.51. The second-order valence-corrected chi connectivity index (χ2v) is 8.37. The zero-order valence-electron chi connectivity index (χ0n) is 12.7. The molecule has 1 N–H and O–H groups in total. The first-order valence-corrected chi connectivity index (χ1v) is 8.83. The highest BCUT2D eigenvalue weighted by Crippen LogP contribution is 2.41. The molecule has 2 aliphatic rings. The predicted molar refractivity (Wildman–Crippen MR) is 89.1 cm³/mol. The molecule has 2 heteroatoms. The van der Waals surface area contributed by atoms with Gasteiger partial charge in [-0.3, -0.25) is 0 Å². The Labute approximate surface area is 131 Å². The van der Waals surface area contributed by atoms with Crippen molar-refractivity contribution < 1.29 is 0 Å². The average molecular weight is 336 g/mol. The van der Waals surface area contributed by atoms with Gasteiger partial charge in [-0.15, -0.1) is 0 Å². The van der Waals surface area contributed by atoms with Gasteiger partial charge in [0.15, 0.2) is 0 Å². The summed E-state index contributed by atoms with van der Waals surface area (Å²) in [6, 6.07) is 10.2. The molecule has 2 saturated carbocycles. The zero-order valence-corrected chi connectivity index (χ0v) is 14.2. The van der Waals surface area contributed by atoms with Gasteiger partial charge in [0, 0.05) is 16.6 Å². The Morgan fingerprint density at radius 3 is 2.60 bits per heavy atom. The fraction of sp³-hybridized carbons (Fsp3) is 0.667. The van der Waals surface area contributed by atoms with Crippen LogP contribution in [0.25, 0.3) is 0 Å². The monoisotopic (exact) mass is 335 g/mol. The largest absolute Gasteiger partial charge is 0.311 e. The molecule has 1 aromatic carbocycles. The van der Waals surface area contributed by atoms with Crippen molar-refractivity contribution in [2.75, 3.05) is 0 Å². The van der Waals surface area contributed by atoms with Crippen LogP contribution in [0.3, 0.4) is 0 Å². The molecule has 0 radical (unpaired) electrons. The van der Waals surface area contributed by atoms with E-state index in [0.717, 1.165) is 18.0 Å². The highest BCUT2D eigenvalue weighted by Gasteiger charge is 2.35. The molecule has 1 nitrogen and oxygen atoms in total. The first-order valence-electron chi connectivity index (χ1n) is 8.04. The molecule has 0 amide bonds. The lowest BCUT2D eigenvalue weighted by Gasteiger charge is -2.43. The van der Waals surface area contributed by atoms with Gasteiger partial charge in [-0.25, -0.2) is 0 Å². The van der Waals surface area contributed by atoms with E-state index in [4.69, 9.17) is 0 Å². The Hall–Kier alpha value is -0.340. The van der Waals surface area contributed by atoms with Gasteiger partial charge in [0.05, 0.1) is 0 Å². The average Bonchev–Trinajstić information content (AvgIpc) is 2.33. The summed E-state index contributed by atoms with van der Waals surface area (Å²) in [6.45, 7) is 4.84. The smallest absolute Gasteiger partial charge is 0.0210 e. The molecule has 2 aliphatic carbocycles. The Balaban J connectivity index is 1.50. The van der Waals surface area contributed by atoms with Crippen molar-refractivity contribution in [2.45, 2.75) is 70.4 Å². The minimum Gasteiger partial charge on any atom is -0.311 e. The Morgan fingerprint density at radius 2 is 1.90 bits per heavy atom. The van der Waals surface area contributed by atoms with Gasteiger partial charge < -0.3 is 5.32 Å². The van der Waals surface area contributed by atoms with Crippen molar-refractivity contribution in [3.8, 4) is 0 Å². The highest BCUT2D eigenvalue weighted by molar-refractivity contribution is 9.10. The van der Waals surface area contributed by atoms with E-state index in [-0.39, 0.29) is 0 Å². The van der Waals surface area contributed by atoms with Crippen LogP contribution in [0.5, 0.6) is 0 Å². The lowest BCUT2D eigenvalue weighted by Crippen LogP contribution is -2.48. The molecule has 0 heterocycles. The lowest BCUT2D eigenvalue weighted by atomic mass is 9.72. The summed E-state index contributed by atoms with van der Waals surface area (Å²) in [5.74, 6) is 0.750. The van der Waals surface area contributed by atoms with Crippen LogP contribution in [0.15, 0.2) is 28.7 Å². The van der Waals surface area contributed by atoms with Gasteiger partial charge >= 0.3 is 0 Å². The quantitative estimate of drug-likeness (QED) is 0.794. The standard InChI is InChI=1S/C18H26BrN/c1-18(2)9-5-6-14(12-18)20-15-10-13(11-15)16-7-3-4-8-17(16)19/h3-4,7-8,13-15,20H,5-6,9-12H2,1-2H3. The summed E-state index contributed by atoms with van der Waals surface area (Å²) in [5, 5.41) is 3.91. The van der Waals surface area contributed by atoms with Crippen molar-refractivity contribution in [2.24, 2.45) is 5.41 Å². The molecule has 20 heavy (non-hydrogen) atoms. The minimum absolute atomic E-state index is 0.543. The van der Waals surface area contributed by atoms with Gasteiger partial charge in [-0.05, 0) is 55.1 Å². The van der Waals surface area contributed by atoms with Crippen molar-refractivity contribution in [3.63, 3.8) is 0 Å². The van der Waals surface area contributed by atoms with E-state index in [0.29, 0.717) is 5.41 Å². The summed E-state index contributed by atoms with van der Waals surface area (Å²) in [7, 11) is 0. The molecule has 0 aromatic heterocycles. The Morgan fingerprint density at radius 1 is 1.15 bits per heavy atom. The van der Waals surface area contributed by atoms with Crippen LogP contribution in [-0.4, -0.2) is 12.1 Å². The third kappa shape index (κ3) is 3.28. The van der Waals surface area contributed by atoms with Crippen molar-refractivity contribution in [1.29, 1.82) is 0 Å². The van der Waals surface area contributed by atoms with Gasteiger partial charge in [-0.2, -0.15) is 0 Å². The van der Waals surface area contributed by atoms with Gasteiger partial charge in [0.25, 0.3) is 0 Å². The van der Waals surface area contributed by atoms with E-state index in [1.807, 2.05) is 0 Å². The lowest BCUT2D eigenvalue weighted by molar-refractivity contribution is 0.164. The van der Waals surface area contributed by atoms with Crippen molar-refractivity contribution in [1.82, 2.24) is 5.32 Å². The normalized spacial score (nSPS) is 32.6. The number of halogens is 1. The molecule has 110 valence electrons. The third-order valence-electron chi connectivity index (χ3n) is 5.16. The maximum atomic E-state index is 3.91. The summed E-state index contributed by atoms with van der Waals surface area (Å²) in [4.78, 5) is 0. The maximum absolute atomic E-state index is 3.91. The van der Waals surface area contributed by atoms with Gasteiger partial charge in [0.2, 0.25) is 0 Å². The first-order chi connectivity index (χ1) is 9.53. The van der Waals surface area contributed by atoms with Crippen LogP contribution in [0, 0.1) is 5.41 Å². The number of nitrogens with one attached hydrogen (secondary N) is 1. The molecule has 0 aliphatic heterocycles. The number of hydrogen-bond donors (Lipinski definition) is 1. The van der Waals surface area contributed by atoms with Crippen LogP contribution in [0.1, 0.15) is 63.9 Å². The summed E-state index contributed by atoms with van der Waals surface area (Å²) in [5.41, 5.74) is 2.04. The minimum atomic E-state index is 0.543. The molecule has 2 fully saturated rings. The summed E-state index contributed by atoms with van der Waals surface area (Å²) in [6.07, 6.45) is 8.13. The van der Waals surface area contributed by atoms with Crippen LogP contribution in [-0.2, 0) is 0 Å². The van der Waals surface area contributed by atoms with Crippen molar-refractivity contribution in [3.05, 3.63) is 34.3 Å². The molecule has 1 unspecified atom stereocenters. The van der Waals surface area contributed by atoms with Crippen LogP contribution in [0.4, 0.5) is 0 Å². The molecule has 0 spiro atoms. The molecule has 1 aromatic rings. The van der Waals surface area contributed by atoms with Gasteiger partial charge in [-0.1, -0.05) is 54.4 Å². The summed E-state index contributed by atoms with van der Waals surface area (Å²) >= 11 is 3.68. The van der Waals surface area contributed by atoms with E-state index >= 15 is 0 Å². The van der Waals surface area contributed by atoms with Crippen LogP contribution in [0.2, 0.25) is 0 Å².